The van der Waals surface area contributed by atoms with Crippen molar-refractivity contribution in [3.63, 3.8) is 0 Å². The maximum absolute atomic E-state index is 4.62. The Bertz CT molecular complexity index is 974. The molecule has 0 bridgehead atoms. The van der Waals surface area contributed by atoms with Gasteiger partial charge < -0.3 is 0 Å². The molecule has 8 heteroatoms. The fraction of sp³-hybridized carbons (Fsp3) is 0.357. The van der Waals surface area contributed by atoms with Gasteiger partial charge in [-0.2, -0.15) is 10.2 Å². The molecule has 0 spiro atoms. The summed E-state index contributed by atoms with van der Waals surface area (Å²) in [6.45, 7) is 4.82. The first-order valence-corrected chi connectivity index (χ1v) is 7.15. The van der Waals surface area contributed by atoms with Crippen LogP contribution < -0.4 is 0 Å². The zero-order valence-corrected chi connectivity index (χ0v) is 12.7. The first-order valence-electron chi connectivity index (χ1n) is 7.15. The van der Waals surface area contributed by atoms with Crippen molar-refractivity contribution in [2.24, 2.45) is 7.05 Å². The summed E-state index contributed by atoms with van der Waals surface area (Å²) in [5.41, 5.74) is 3.78. The minimum absolute atomic E-state index is 0.728. The monoisotopic (exact) mass is 296 g/mol. The summed E-state index contributed by atoms with van der Waals surface area (Å²) >= 11 is 0. The van der Waals surface area contributed by atoms with Crippen molar-refractivity contribution in [2.45, 2.75) is 26.8 Å². The first-order chi connectivity index (χ1) is 10.6. The molecule has 112 valence electrons. The summed E-state index contributed by atoms with van der Waals surface area (Å²) < 4.78 is 5.43. The van der Waals surface area contributed by atoms with Gasteiger partial charge in [-0.3, -0.25) is 9.36 Å². The number of fused-ring (bicyclic) bond motifs is 3. The van der Waals surface area contributed by atoms with E-state index in [1.54, 1.807) is 21.7 Å². The molecule has 0 unspecified atom stereocenters. The maximum Gasteiger partial charge on any atom is 0.170 e. The Morgan fingerprint density at radius 2 is 2.00 bits per heavy atom. The minimum atomic E-state index is 0.728. The quantitative estimate of drug-likeness (QED) is 0.565. The highest BCUT2D eigenvalue weighted by Gasteiger charge is 2.11. The Kier molecular flexibility index (Phi) is 2.72. The molecular formula is C14H16N8. The van der Waals surface area contributed by atoms with Crippen molar-refractivity contribution in [3.8, 4) is 0 Å². The molecule has 0 saturated carbocycles. The molecule has 0 atom stereocenters. The minimum Gasteiger partial charge on any atom is -0.269 e. The SMILES string of the molecule is Cc1cc(C)n(CCc2nc3c4cnn(C)c4ncn3n2)n1. The number of aromatic nitrogens is 8. The lowest BCUT2D eigenvalue weighted by Crippen LogP contribution is -2.06. The van der Waals surface area contributed by atoms with E-state index < -0.39 is 0 Å². The molecule has 0 aliphatic carbocycles. The molecule has 0 N–H and O–H groups in total. The Morgan fingerprint density at radius 1 is 1.14 bits per heavy atom. The van der Waals surface area contributed by atoms with Crippen LogP contribution in [0.15, 0.2) is 18.6 Å². The molecule has 0 aromatic carbocycles. The summed E-state index contributed by atoms with van der Waals surface area (Å²) in [7, 11) is 1.87. The average molecular weight is 296 g/mol. The van der Waals surface area contributed by atoms with Gasteiger partial charge in [0.25, 0.3) is 0 Å². The number of hydrogen-bond acceptors (Lipinski definition) is 5. The van der Waals surface area contributed by atoms with Crippen LogP contribution in [0.1, 0.15) is 17.2 Å². The molecule has 4 aromatic heterocycles. The van der Waals surface area contributed by atoms with Gasteiger partial charge in [-0.1, -0.05) is 0 Å². The third kappa shape index (κ3) is 1.95. The molecular weight excluding hydrogens is 280 g/mol. The van der Waals surface area contributed by atoms with Gasteiger partial charge in [0.1, 0.15) is 6.33 Å². The second kappa shape index (κ2) is 4.62. The molecule has 8 nitrogen and oxygen atoms in total. The van der Waals surface area contributed by atoms with Gasteiger partial charge in [-0.15, -0.1) is 5.10 Å². The van der Waals surface area contributed by atoms with E-state index in [2.05, 4.69) is 38.3 Å². The Labute approximate surface area is 126 Å². The van der Waals surface area contributed by atoms with Gasteiger partial charge in [-0.05, 0) is 19.9 Å². The van der Waals surface area contributed by atoms with Gasteiger partial charge in [0.05, 0.1) is 17.3 Å². The fourth-order valence-corrected chi connectivity index (χ4v) is 2.70. The van der Waals surface area contributed by atoms with E-state index >= 15 is 0 Å². The third-order valence-corrected chi connectivity index (χ3v) is 3.76. The molecule has 4 aromatic rings. The lowest BCUT2D eigenvalue weighted by atomic mass is 10.3. The Balaban J connectivity index is 1.67. The fourth-order valence-electron chi connectivity index (χ4n) is 2.70. The molecule has 0 radical (unpaired) electrons. The molecule has 0 saturated heterocycles. The van der Waals surface area contributed by atoms with Gasteiger partial charge in [-0.25, -0.2) is 14.5 Å². The van der Waals surface area contributed by atoms with Gasteiger partial charge >= 0.3 is 0 Å². The molecule has 0 amide bonds. The van der Waals surface area contributed by atoms with E-state index in [-0.39, 0.29) is 0 Å². The van der Waals surface area contributed by atoms with Crippen LogP contribution in [0, 0.1) is 13.8 Å². The van der Waals surface area contributed by atoms with Crippen LogP contribution in [0.3, 0.4) is 0 Å². The van der Waals surface area contributed by atoms with Gasteiger partial charge in [0, 0.05) is 25.7 Å². The summed E-state index contributed by atoms with van der Waals surface area (Å²) in [6.07, 6.45) is 4.18. The van der Waals surface area contributed by atoms with E-state index in [1.165, 1.54) is 0 Å². The number of nitrogens with zero attached hydrogens (tertiary/aromatic N) is 8. The average Bonchev–Trinajstić information content (AvgIpc) is 3.14. The standard InChI is InChI=1S/C14H16N8/c1-9-6-10(2)21(18-9)5-4-12-17-14-11-7-16-20(3)13(11)15-8-22(14)19-12/h6-8H,4-5H2,1-3H3. The molecule has 4 heterocycles. The maximum atomic E-state index is 4.62. The largest absolute Gasteiger partial charge is 0.269 e. The second-order valence-electron chi connectivity index (χ2n) is 5.45. The zero-order chi connectivity index (χ0) is 15.3. The predicted molar refractivity (Wildman–Crippen MR) is 80.5 cm³/mol. The van der Waals surface area contributed by atoms with Crippen LogP contribution in [0.4, 0.5) is 0 Å². The Morgan fingerprint density at radius 3 is 2.77 bits per heavy atom. The van der Waals surface area contributed by atoms with Crippen molar-refractivity contribution in [1.82, 2.24) is 39.1 Å². The predicted octanol–water partition coefficient (Wildman–Crippen LogP) is 1.07. The topological polar surface area (TPSA) is 78.7 Å². The summed E-state index contributed by atoms with van der Waals surface area (Å²) in [4.78, 5) is 8.98. The zero-order valence-electron chi connectivity index (χ0n) is 12.7. The molecule has 0 fully saturated rings. The van der Waals surface area contributed by atoms with Crippen LogP contribution in [-0.4, -0.2) is 39.1 Å². The molecule has 22 heavy (non-hydrogen) atoms. The highest BCUT2D eigenvalue weighted by Crippen LogP contribution is 2.15. The summed E-state index contributed by atoms with van der Waals surface area (Å²) in [6, 6.07) is 2.07. The van der Waals surface area contributed by atoms with E-state index in [4.69, 9.17) is 0 Å². The lowest BCUT2D eigenvalue weighted by molar-refractivity contribution is 0.581. The van der Waals surface area contributed by atoms with E-state index in [1.807, 2.05) is 18.7 Å². The van der Waals surface area contributed by atoms with Crippen molar-refractivity contribution in [3.05, 3.63) is 35.8 Å². The summed E-state index contributed by atoms with van der Waals surface area (Å²) in [5.74, 6) is 0.783. The van der Waals surface area contributed by atoms with Gasteiger partial charge in [0.15, 0.2) is 17.1 Å². The van der Waals surface area contributed by atoms with Crippen LogP contribution in [0.25, 0.3) is 16.7 Å². The Hall–Kier alpha value is -2.77. The summed E-state index contributed by atoms with van der Waals surface area (Å²) in [5, 5.41) is 14.1. The smallest absolute Gasteiger partial charge is 0.170 e. The first kappa shape index (κ1) is 12.9. The normalized spacial score (nSPS) is 11.8. The van der Waals surface area contributed by atoms with Crippen LogP contribution in [-0.2, 0) is 20.0 Å². The lowest BCUT2D eigenvalue weighted by Gasteiger charge is -2.00. The molecule has 4 rings (SSSR count). The third-order valence-electron chi connectivity index (χ3n) is 3.76. The highest BCUT2D eigenvalue weighted by molar-refractivity contribution is 5.88. The van der Waals surface area contributed by atoms with Crippen molar-refractivity contribution < 1.29 is 0 Å². The van der Waals surface area contributed by atoms with Crippen LogP contribution in [0.2, 0.25) is 0 Å². The van der Waals surface area contributed by atoms with E-state index in [0.717, 1.165) is 46.9 Å². The molecule has 0 aliphatic heterocycles. The number of aryl methyl sites for hydroxylation is 5. The molecule has 0 aliphatic rings. The van der Waals surface area contributed by atoms with Crippen molar-refractivity contribution in [2.75, 3.05) is 0 Å². The van der Waals surface area contributed by atoms with Crippen LogP contribution >= 0.6 is 0 Å². The van der Waals surface area contributed by atoms with Crippen molar-refractivity contribution >= 4 is 16.7 Å². The van der Waals surface area contributed by atoms with Gasteiger partial charge in [0.2, 0.25) is 0 Å². The van der Waals surface area contributed by atoms with Crippen molar-refractivity contribution in [1.29, 1.82) is 0 Å². The van der Waals surface area contributed by atoms with E-state index in [0.29, 0.717) is 0 Å². The number of hydrogen-bond donors (Lipinski definition) is 0. The van der Waals surface area contributed by atoms with Crippen LogP contribution in [0.5, 0.6) is 0 Å². The second-order valence-corrected chi connectivity index (χ2v) is 5.45. The highest BCUT2D eigenvalue weighted by atomic mass is 15.3. The number of rotatable bonds is 3. The van der Waals surface area contributed by atoms with E-state index in [9.17, 15) is 0 Å².